The van der Waals surface area contributed by atoms with E-state index in [2.05, 4.69) is 9.71 Å². The maximum absolute atomic E-state index is 13.4. The van der Waals surface area contributed by atoms with E-state index in [1.807, 2.05) is 0 Å². The highest BCUT2D eigenvalue weighted by molar-refractivity contribution is 7.90. The van der Waals surface area contributed by atoms with Crippen LogP contribution in [0.1, 0.15) is 17.4 Å². The first-order valence-electron chi connectivity index (χ1n) is 9.44. The van der Waals surface area contributed by atoms with E-state index >= 15 is 0 Å². The van der Waals surface area contributed by atoms with Crippen LogP contribution < -0.4 is 4.72 Å². The highest BCUT2D eigenvalue weighted by Crippen LogP contribution is 2.22. The molecule has 0 aliphatic heterocycles. The number of aromatic nitrogens is 2. The number of nitrogens with one attached hydrogen (secondary N) is 1. The summed E-state index contributed by atoms with van der Waals surface area (Å²) in [6.07, 6.45) is 3.15. The molecule has 8 nitrogen and oxygen atoms in total. The highest BCUT2D eigenvalue weighted by atomic mass is 32.2. The van der Waals surface area contributed by atoms with Crippen LogP contribution in [0.5, 0.6) is 0 Å². The van der Waals surface area contributed by atoms with Crippen LogP contribution in [0, 0.1) is 11.6 Å². The van der Waals surface area contributed by atoms with Crippen LogP contribution in [0.3, 0.4) is 0 Å². The largest absolute Gasteiger partial charge is 0.336 e. The summed E-state index contributed by atoms with van der Waals surface area (Å²) in [7, 11) is -5.06. The second-order valence-corrected chi connectivity index (χ2v) is 11.0. The Morgan fingerprint density at radius 3 is 2.09 bits per heavy atom. The first-order valence-corrected chi connectivity index (χ1v) is 12.5. The summed E-state index contributed by atoms with van der Waals surface area (Å²) in [6.45, 7) is -0.342. The van der Waals surface area contributed by atoms with Gasteiger partial charge in [-0.3, -0.25) is 0 Å². The molecule has 1 atom stereocenters. The molecule has 0 spiro atoms. The molecule has 1 aromatic heterocycles. The van der Waals surface area contributed by atoms with Crippen molar-refractivity contribution in [1.29, 1.82) is 0 Å². The molecular weight excluding hydrogens is 462 g/mol. The molecule has 0 amide bonds. The number of sulfonamides is 2. The number of hydrogen-bond acceptors (Lipinski definition) is 5. The Balaban J connectivity index is 1.78. The van der Waals surface area contributed by atoms with Crippen molar-refractivity contribution < 1.29 is 25.6 Å². The summed E-state index contributed by atoms with van der Waals surface area (Å²) in [4.78, 5) is 4.04. The quantitative estimate of drug-likeness (QED) is 0.501. The van der Waals surface area contributed by atoms with E-state index in [4.69, 9.17) is 0 Å². The van der Waals surface area contributed by atoms with Crippen LogP contribution in [0.2, 0.25) is 0 Å². The van der Waals surface area contributed by atoms with Crippen molar-refractivity contribution >= 4 is 20.0 Å². The van der Waals surface area contributed by atoms with E-state index < -0.39 is 43.5 Å². The maximum atomic E-state index is 13.4. The summed E-state index contributed by atoms with van der Waals surface area (Å²) in [5.41, 5.74) is 0.469. The number of aryl methyl sites for hydroxylation is 1. The fraction of sp³-hybridized carbons (Fsp3) is 0.250. The fourth-order valence-electron chi connectivity index (χ4n) is 2.97. The Hall–Kier alpha value is -2.67. The lowest BCUT2D eigenvalue weighted by Crippen LogP contribution is -2.38. The fourth-order valence-corrected chi connectivity index (χ4v) is 5.49. The van der Waals surface area contributed by atoms with Gasteiger partial charge in [-0.2, -0.15) is 4.31 Å². The van der Waals surface area contributed by atoms with Crippen molar-refractivity contribution in [1.82, 2.24) is 18.6 Å². The van der Waals surface area contributed by atoms with Crippen molar-refractivity contribution in [3.05, 3.63) is 83.9 Å². The van der Waals surface area contributed by atoms with E-state index in [-0.39, 0.29) is 11.4 Å². The van der Waals surface area contributed by atoms with Crippen LogP contribution in [-0.4, -0.2) is 50.0 Å². The molecule has 0 radical (unpaired) electrons. The number of benzene rings is 2. The van der Waals surface area contributed by atoms with Crippen molar-refractivity contribution in [3.63, 3.8) is 0 Å². The number of rotatable bonds is 9. The Labute approximate surface area is 185 Å². The van der Waals surface area contributed by atoms with Crippen LogP contribution in [-0.2, 0) is 27.1 Å². The Kier molecular flexibility index (Phi) is 7.08. The molecule has 3 rings (SSSR count). The second kappa shape index (κ2) is 9.45. The van der Waals surface area contributed by atoms with Gasteiger partial charge < -0.3 is 4.57 Å². The molecule has 0 saturated heterocycles. The zero-order valence-corrected chi connectivity index (χ0v) is 18.9. The predicted molar refractivity (Wildman–Crippen MR) is 115 cm³/mol. The van der Waals surface area contributed by atoms with Gasteiger partial charge in [-0.05, 0) is 42.0 Å². The number of imidazole rings is 1. The molecule has 0 unspecified atom stereocenters. The minimum atomic E-state index is -4.00. The Bertz CT molecular complexity index is 1280. The van der Waals surface area contributed by atoms with Gasteiger partial charge in [0.05, 0.1) is 10.6 Å². The molecular formula is C20H22F2N4O4S2. The van der Waals surface area contributed by atoms with Crippen molar-refractivity contribution in [2.75, 3.05) is 19.3 Å². The molecule has 0 saturated carbocycles. The van der Waals surface area contributed by atoms with Gasteiger partial charge >= 0.3 is 0 Å². The Morgan fingerprint density at radius 1 is 1.00 bits per heavy atom. The molecule has 3 aromatic rings. The lowest BCUT2D eigenvalue weighted by molar-refractivity contribution is 0.482. The van der Waals surface area contributed by atoms with E-state index in [9.17, 15) is 25.6 Å². The molecule has 1 N–H and O–H groups in total. The number of hydrogen-bond donors (Lipinski definition) is 1. The van der Waals surface area contributed by atoms with E-state index in [0.29, 0.717) is 11.4 Å². The molecule has 0 aliphatic rings. The molecule has 0 bridgehead atoms. The highest BCUT2D eigenvalue weighted by Gasteiger charge is 2.27. The lowest BCUT2D eigenvalue weighted by atomic mass is 10.1. The van der Waals surface area contributed by atoms with E-state index in [1.165, 1.54) is 37.5 Å². The summed E-state index contributed by atoms with van der Waals surface area (Å²) in [5, 5.41) is 0. The van der Waals surface area contributed by atoms with Crippen LogP contribution in [0.25, 0.3) is 0 Å². The minimum Gasteiger partial charge on any atom is -0.336 e. The predicted octanol–water partition coefficient (Wildman–Crippen LogP) is 2.03. The van der Waals surface area contributed by atoms with Gasteiger partial charge in [-0.1, -0.05) is 12.1 Å². The van der Waals surface area contributed by atoms with Gasteiger partial charge in [0.2, 0.25) is 20.0 Å². The summed E-state index contributed by atoms with van der Waals surface area (Å²) in [5.74, 6) is -1.21. The van der Waals surface area contributed by atoms with Gasteiger partial charge in [0.15, 0.2) is 0 Å². The Morgan fingerprint density at radius 2 is 1.56 bits per heavy atom. The van der Waals surface area contributed by atoms with Crippen molar-refractivity contribution in [3.8, 4) is 0 Å². The maximum Gasteiger partial charge on any atom is 0.242 e. The lowest BCUT2D eigenvalue weighted by Gasteiger charge is -2.21. The van der Waals surface area contributed by atoms with Gasteiger partial charge in [0.25, 0.3) is 0 Å². The third-order valence-corrected chi connectivity index (χ3v) is 8.00. The van der Waals surface area contributed by atoms with Gasteiger partial charge in [0.1, 0.15) is 23.5 Å². The van der Waals surface area contributed by atoms with Gasteiger partial charge in [-0.25, -0.2) is 35.3 Å². The minimum absolute atomic E-state index is 0.149. The summed E-state index contributed by atoms with van der Waals surface area (Å²) < 4.78 is 82.3. The molecule has 0 fully saturated rings. The molecule has 172 valence electrons. The third kappa shape index (κ3) is 5.57. The normalized spacial score (nSPS) is 13.4. The first kappa shape index (κ1) is 24.0. The van der Waals surface area contributed by atoms with Crippen LogP contribution in [0.4, 0.5) is 8.78 Å². The van der Waals surface area contributed by atoms with Crippen LogP contribution in [0.15, 0.2) is 65.8 Å². The smallest absolute Gasteiger partial charge is 0.242 e. The van der Waals surface area contributed by atoms with Crippen molar-refractivity contribution in [2.45, 2.75) is 10.9 Å². The average molecular weight is 485 g/mol. The zero-order chi connectivity index (χ0) is 23.5. The zero-order valence-electron chi connectivity index (χ0n) is 17.3. The SMILES string of the molecule is CN(CCS(=O)(=O)N[C@@H](c1ccc(F)cc1)c1nccn1C)S(=O)(=O)c1ccc(F)cc1. The van der Waals surface area contributed by atoms with Crippen LogP contribution >= 0.6 is 0 Å². The molecule has 0 aliphatic carbocycles. The number of nitrogens with zero attached hydrogens (tertiary/aromatic N) is 3. The van der Waals surface area contributed by atoms with E-state index in [1.54, 1.807) is 17.8 Å². The molecule has 12 heteroatoms. The molecule has 2 aromatic carbocycles. The monoisotopic (exact) mass is 484 g/mol. The van der Waals surface area contributed by atoms with Gasteiger partial charge in [0, 0.05) is 33.0 Å². The molecule has 1 heterocycles. The van der Waals surface area contributed by atoms with Gasteiger partial charge in [-0.15, -0.1) is 0 Å². The molecule has 32 heavy (non-hydrogen) atoms. The second-order valence-electron chi connectivity index (χ2n) is 7.10. The third-order valence-electron chi connectivity index (χ3n) is 4.81. The number of halogens is 2. The first-order chi connectivity index (χ1) is 15.0. The van der Waals surface area contributed by atoms with Crippen molar-refractivity contribution in [2.24, 2.45) is 7.05 Å². The van der Waals surface area contributed by atoms with E-state index in [0.717, 1.165) is 28.6 Å². The summed E-state index contributed by atoms with van der Waals surface area (Å²) in [6, 6.07) is 8.66. The topological polar surface area (TPSA) is 101 Å². The average Bonchev–Trinajstić information content (AvgIpc) is 3.17. The summed E-state index contributed by atoms with van der Waals surface area (Å²) >= 11 is 0. The standard InChI is InChI=1S/C20H22F2N4O4S2/c1-25-12-11-23-20(25)19(15-3-5-16(21)6-4-15)24-31(27,28)14-13-26(2)32(29,30)18-9-7-17(22)8-10-18/h3-12,19,24H,13-14H2,1-2H3/t19-/m0/s1.